The fourth-order valence-electron chi connectivity index (χ4n) is 3.32. The number of phenolic OH excluding ortho intramolecular Hbond substituents is 1. The molecule has 1 aliphatic rings. The number of aliphatic imine (C=N–C) groups is 1. The van der Waals surface area contributed by atoms with Crippen LogP contribution in [0.2, 0.25) is 0 Å². The minimum atomic E-state index is 0.264. The molecule has 1 heterocycles. The number of guanidine groups is 1. The Kier molecular flexibility index (Phi) is 9.21. The van der Waals surface area contributed by atoms with Gasteiger partial charge in [0.25, 0.3) is 0 Å². The summed E-state index contributed by atoms with van der Waals surface area (Å²) < 4.78 is 10.2. The number of rotatable bonds is 9. The molecule has 0 bridgehead atoms. The Morgan fingerprint density at radius 2 is 2.07 bits per heavy atom. The molecule has 1 fully saturated rings. The van der Waals surface area contributed by atoms with Crippen LogP contribution in [-0.4, -0.2) is 76.1 Å². The van der Waals surface area contributed by atoms with E-state index in [1.165, 1.54) is 0 Å². The molecular weight excluding hydrogens is 344 g/mol. The van der Waals surface area contributed by atoms with E-state index >= 15 is 0 Å². The molecule has 0 radical (unpaired) electrons. The number of ether oxygens (including phenoxy) is 2. The molecular formula is C20H34N4O3. The van der Waals surface area contributed by atoms with Crippen LogP contribution in [0, 0.1) is 0 Å². The first kappa shape index (κ1) is 21.3. The van der Waals surface area contributed by atoms with Crippen LogP contribution in [0.4, 0.5) is 0 Å². The lowest BCUT2D eigenvalue weighted by Crippen LogP contribution is -2.49. The van der Waals surface area contributed by atoms with E-state index in [2.05, 4.69) is 20.5 Å². The van der Waals surface area contributed by atoms with Crippen LogP contribution < -0.4 is 15.4 Å². The summed E-state index contributed by atoms with van der Waals surface area (Å²) in [5.41, 5.74) is 0.892. The molecule has 152 valence electrons. The summed E-state index contributed by atoms with van der Waals surface area (Å²) in [6, 6.07) is 5.85. The molecule has 7 nitrogen and oxygen atoms in total. The van der Waals surface area contributed by atoms with Crippen molar-refractivity contribution >= 4 is 5.96 Å². The summed E-state index contributed by atoms with van der Waals surface area (Å²) >= 11 is 0. The molecule has 1 aromatic rings. The second-order valence-corrected chi connectivity index (χ2v) is 6.85. The van der Waals surface area contributed by atoms with Crippen LogP contribution >= 0.6 is 0 Å². The van der Waals surface area contributed by atoms with E-state index in [4.69, 9.17) is 9.47 Å². The molecule has 1 aromatic carbocycles. The largest absolute Gasteiger partial charge is 0.508 e. The molecule has 0 atom stereocenters. The average molecular weight is 379 g/mol. The van der Waals surface area contributed by atoms with E-state index < -0.39 is 0 Å². The van der Waals surface area contributed by atoms with Gasteiger partial charge >= 0.3 is 0 Å². The molecule has 0 aromatic heterocycles. The van der Waals surface area contributed by atoms with Crippen molar-refractivity contribution in [2.45, 2.75) is 31.7 Å². The van der Waals surface area contributed by atoms with Crippen molar-refractivity contribution in [3.05, 3.63) is 23.8 Å². The van der Waals surface area contributed by atoms with E-state index in [1.807, 2.05) is 12.1 Å². The molecule has 0 spiro atoms. The summed E-state index contributed by atoms with van der Waals surface area (Å²) in [5, 5.41) is 16.9. The standard InChI is InChI=1S/C20H34N4O3/c1-21-20(22-10-7-16-5-6-18(27-3)15-19(16)25)23-17-8-12-24(13-9-17)11-4-14-26-2/h5-6,15,17,25H,4,7-14H2,1-3H3,(H2,21,22,23). The molecule has 1 saturated heterocycles. The van der Waals surface area contributed by atoms with E-state index in [1.54, 1.807) is 27.3 Å². The zero-order valence-electron chi connectivity index (χ0n) is 16.8. The number of piperidine rings is 1. The lowest BCUT2D eigenvalue weighted by atomic mass is 10.1. The maximum Gasteiger partial charge on any atom is 0.191 e. The van der Waals surface area contributed by atoms with Crippen LogP contribution in [0.5, 0.6) is 11.5 Å². The van der Waals surface area contributed by atoms with Gasteiger partial charge in [0.1, 0.15) is 11.5 Å². The molecule has 0 amide bonds. The topological polar surface area (TPSA) is 78.4 Å². The third-order valence-corrected chi connectivity index (χ3v) is 4.95. The Labute approximate surface area is 162 Å². The zero-order valence-corrected chi connectivity index (χ0v) is 16.8. The Morgan fingerprint density at radius 3 is 2.70 bits per heavy atom. The summed E-state index contributed by atoms with van der Waals surface area (Å²) in [5.74, 6) is 1.75. The second kappa shape index (κ2) is 11.7. The lowest BCUT2D eigenvalue weighted by Gasteiger charge is -2.33. The van der Waals surface area contributed by atoms with Crippen LogP contribution in [0.1, 0.15) is 24.8 Å². The molecule has 7 heteroatoms. The first-order chi connectivity index (χ1) is 13.2. The molecule has 27 heavy (non-hydrogen) atoms. The number of benzene rings is 1. The number of aromatic hydroxyl groups is 1. The van der Waals surface area contributed by atoms with Gasteiger partial charge in [0.05, 0.1) is 7.11 Å². The van der Waals surface area contributed by atoms with Crippen LogP contribution in [-0.2, 0) is 11.2 Å². The second-order valence-electron chi connectivity index (χ2n) is 6.85. The first-order valence-corrected chi connectivity index (χ1v) is 9.70. The minimum Gasteiger partial charge on any atom is -0.508 e. The maximum atomic E-state index is 10.0. The van der Waals surface area contributed by atoms with Crippen molar-refractivity contribution < 1.29 is 14.6 Å². The van der Waals surface area contributed by atoms with Crippen molar-refractivity contribution in [1.82, 2.24) is 15.5 Å². The highest BCUT2D eigenvalue weighted by Crippen LogP contribution is 2.23. The monoisotopic (exact) mass is 378 g/mol. The number of hydrogen-bond acceptors (Lipinski definition) is 5. The molecule has 3 N–H and O–H groups in total. The number of nitrogens with one attached hydrogen (secondary N) is 2. The van der Waals surface area contributed by atoms with E-state index in [9.17, 15) is 5.11 Å². The lowest BCUT2D eigenvalue weighted by molar-refractivity contribution is 0.155. The van der Waals surface area contributed by atoms with Crippen LogP contribution in [0.25, 0.3) is 0 Å². The van der Waals surface area contributed by atoms with Gasteiger partial charge in [-0.2, -0.15) is 0 Å². The highest BCUT2D eigenvalue weighted by atomic mass is 16.5. The van der Waals surface area contributed by atoms with Crippen molar-refractivity contribution in [2.24, 2.45) is 4.99 Å². The summed E-state index contributed by atoms with van der Waals surface area (Å²) in [6.07, 6.45) is 4.05. The Morgan fingerprint density at radius 1 is 1.30 bits per heavy atom. The quantitative estimate of drug-likeness (QED) is 0.344. The van der Waals surface area contributed by atoms with Gasteiger partial charge in [-0.25, -0.2) is 0 Å². The Bertz CT molecular complexity index is 587. The molecule has 0 unspecified atom stereocenters. The molecule has 0 saturated carbocycles. The van der Waals surface area contributed by atoms with Crippen molar-refractivity contribution in [1.29, 1.82) is 0 Å². The van der Waals surface area contributed by atoms with E-state index in [0.717, 1.165) is 57.0 Å². The Balaban J connectivity index is 1.69. The highest BCUT2D eigenvalue weighted by Gasteiger charge is 2.19. The van der Waals surface area contributed by atoms with Crippen molar-refractivity contribution in [3.8, 4) is 11.5 Å². The predicted octanol–water partition coefficient (Wildman–Crippen LogP) is 1.61. The van der Waals surface area contributed by atoms with Crippen LogP contribution in [0.3, 0.4) is 0 Å². The average Bonchev–Trinajstić information content (AvgIpc) is 2.69. The predicted molar refractivity (Wildman–Crippen MR) is 109 cm³/mol. The van der Waals surface area contributed by atoms with Crippen LogP contribution in [0.15, 0.2) is 23.2 Å². The summed E-state index contributed by atoms with van der Waals surface area (Å²) in [4.78, 5) is 6.82. The highest BCUT2D eigenvalue weighted by molar-refractivity contribution is 5.80. The molecule has 1 aliphatic heterocycles. The van der Waals surface area contributed by atoms with Crippen molar-refractivity contribution in [3.63, 3.8) is 0 Å². The summed E-state index contributed by atoms with van der Waals surface area (Å²) in [6.45, 7) is 4.86. The van der Waals surface area contributed by atoms with Gasteiger partial charge in [0.2, 0.25) is 0 Å². The van der Waals surface area contributed by atoms with Gasteiger partial charge in [-0.1, -0.05) is 6.07 Å². The van der Waals surface area contributed by atoms with E-state index in [0.29, 0.717) is 24.8 Å². The van der Waals surface area contributed by atoms with Gasteiger partial charge in [0.15, 0.2) is 5.96 Å². The third-order valence-electron chi connectivity index (χ3n) is 4.95. The fourth-order valence-corrected chi connectivity index (χ4v) is 3.32. The number of nitrogens with zero attached hydrogens (tertiary/aromatic N) is 2. The van der Waals surface area contributed by atoms with Gasteiger partial charge in [-0.05, 0) is 37.3 Å². The first-order valence-electron chi connectivity index (χ1n) is 9.70. The summed E-state index contributed by atoms with van der Waals surface area (Å²) in [7, 11) is 5.14. The minimum absolute atomic E-state index is 0.264. The van der Waals surface area contributed by atoms with Gasteiger partial charge in [0, 0.05) is 59.1 Å². The van der Waals surface area contributed by atoms with Gasteiger partial charge in [-0.15, -0.1) is 0 Å². The normalized spacial score (nSPS) is 16.3. The fraction of sp³-hybridized carbons (Fsp3) is 0.650. The SMILES string of the molecule is CN=C(NCCc1ccc(OC)cc1O)NC1CCN(CCCOC)CC1. The maximum absolute atomic E-state index is 10.0. The number of hydrogen-bond donors (Lipinski definition) is 3. The molecule has 2 rings (SSSR count). The Hall–Kier alpha value is -1.99. The zero-order chi connectivity index (χ0) is 19.5. The third kappa shape index (κ3) is 7.27. The smallest absolute Gasteiger partial charge is 0.191 e. The van der Waals surface area contributed by atoms with Crippen molar-refractivity contribution in [2.75, 3.05) is 54.1 Å². The molecule has 0 aliphatic carbocycles. The number of phenols is 1. The number of methoxy groups -OCH3 is 2. The van der Waals surface area contributed by atoms with Gasteiger partial charge < -0.3 is 30.1 Å². The number of likely N-dealkylation sites (tertiary alicyclic amines) is 1. The van der Waals surface area contributed by atoms with E-state index in [-0.39, 0.29) is 5.75 Å². The van der Waals surface area contributed by atoms with Gasteiger partial charge in [-0.3, -0.25) is 4.99 Å².